The van der Waals surface area contributed by atoms with Crippen LogP contribution in [0.1, 0.15) is 36.8 Å². The van der Waals surface area contributed by atoms with Crippen molar-refractivity contribution in [3.05, 3.63) is 63.5 Å². The summed E-state index contributed by atoms with van der Waals surface area (Å²) >= 11 is 0. The number of ether oxygens (including phenoxy) is 2. The van der Waals surface area contributed by atoms with Gasteiger partial charge in [0.1, 0.15) is 27.9 Å². The van der Waals surface area contributed by atoms with E-state index in [1.165, 1.54) is 0 Å². The van der Waals surface area contributed by atoms with Crippen LogP contribution in [0.3, 0.4) is 0 Å². The fraction of sp³-hybridized carbons (Fsp3) is 0.462. The predicted molar refractivity (Wildman–Crippen MR) is 129 cm³/mol. The van der Waals surface area contributed by atoms with Crippen molar-refractivity contribution in [2.45, 2.75) is 44.4 Å². The summed E-state index contributed by atoms with van der Waals surface area (Å²) in [4.78, 5) is 29.5. The van der Waals surface area contributed by atoms with Gasteiger partial charge in [-0.05, 0) is 30.7 Å². The average Bonchev–Trinajstić information content (AvgIpc) is 3.32. The lowest BCUT2D eigenvalue weighted by molar-refractivity contribution is -0.789. The molecule has 0 amide bonds. The highest BCUT2D eigenvalue weighted by atomic mass is 16.5. The van der Waals surface area contributed by atoms with Gasteiger partial charge < -0.3 is 9.47 Å². The fourth-order valence-electron chi connectivity index (χ4n) is 6.22. The Kier molecular flexibility index (Phi) is 5.44. The molecular weight excluding hydrogens is 446 g/mol. The molecule has 0 radical (unpaired) electrons. The molecule has 0 spiro atoms. The molecule has 9 nitrogen and oxygen atoms in total. The van der Waals surface area contributed by atoms with E-state index < -0.39 is 6.17 Å². The third-order valence-corrected chi connectivity index (χ3v) is 7.81. The number of nitrogens with zero attached hydrogens (tertiary/aromatic N) is 5. The van der Waals surface area contributed by atoms with Crippen LogP contribution < -0.4 is 9.47 Å². The molecule has 6 rings (SSSR count). The highest BCUT2D eigenvalue weighted by Crippen LogP contribution is 2.47. The maximum absolute atomic E-state index is 13.7. The Morgan fingerprint density at radius 3 is 2.91 bits per heavy atom. The summed E-state index contributed by atoms with van der Waals surface area (Å²) in [6, 6.07) is 11.1. The van der Waals surface area contributed by atoms with Crippen LogP contribution in [0.4, 0.5) is 5.69 Å². The van der Waals surface area contributed by atoms with E-state index in [1.54, 1.807) is 19.4 Å². The summed E-state index contributed by atoms with van der Waals surface area (Å²) in [7, 11) is 1.69. The number of fused-ring (bicyclic) bond motifs is 6. The molecule has 35 heavy (non-hydrogen) atoms. The number of likely N-dealkylation sites (tertiary alicyclic amines) is 1. The van der Waals surface area contributed by atoms with Gasteiger partial charge in [0.15, 0.2) is 0 Å². The first-order chi connectivity index (χ1) is 17.1. The Balaban J connectivity index is 1.34. The molecule has 0 bridgehead atoms. The topological polar surface area (TPSA) is 87.6 Å². The molecule has 4 heterocycles. The second-order valence-corrected chi connectivity index (χ2v) is 9.70. The lowest BCUT2D eigenvalue weighted by atomic mass is 9.86. The van der Waals surface area contributed by atoms with Crippen molar-refractivity contribution in [1.29, 1.82) is 0 Å². The van der Waals surface area contributed by atoms with E-state index in [0.717, 1.165) is 63.5 Å². The van der Waals surface area contributed by atoms with Crippen LogP contribution in [-0.4, -0.2) is 63.6 Å². The standard InChI is InChI=1S/C26H29N5O4/c1-3-5-22(29-12-16-15-35-24-7-4-6-23(34-2)25(24)18(16)13-29)26-30(32)14-19-17-10-11-27-28-20(17)8-9-21(19)31(26)33/h4,6-11,16,18,22,26H,3,5,12-15H2,1-2H3/q+2/t16-,18-,22?,26?/m1/s1. The zero-order valence-corrected chi connectivity index (χ0v) is 20.0. The molecule has 2 aromatic carbocycles. The van der Waals surface area contributed by atoms with Crippen LogP contribution in [0.15, 0.2) is 42.6 Å². The molecule has 9 heteroatoms. The number of hydrogen-bond donors (Lipinski definition) is 0. The van der Waals surface area contributed by atoms with Gasteiger partial charge in [-0.1, -0.05) is 19.4 Å². The summed E-state index contributed by atoms with van der Waals surface area (Å²) in [5.41, 5.74) is 3.06. The van der Waals surface area contributed by atoms with E-state index in [4.69, 9.17) is 9.47 Å². The molecule has 1 saturated heterocycles. The van der Waals surface area contributed by atoms with Gasteiger partial charge in [-0.15, -0.1) is 0 Å². The lowest BCUT2D eigenvalue weighted by Gasteiger charge is -2.29. The normalized spacial score (nSPS) is 24.5. The van der Waals surface area contributed by atoms with E-state index in [2.05, 4.69) is 22.0 Å². The van der Waals surface area contributed by atoms with Gasteiger partial charge in [-0.2, -0.15) is 10.2 Å². The molecular formula is C26H29N5O4+2. The molecule has 1 aromatic heterocycles. The van der Waals surface area contributed by atoms with Gasteiger partial charge in [0.2, 0.25) is 6.54 Å². The minimum atomic E-state index is -0.812. The molecule has 0 aliphatic carbocycles. The van der Waals surface area contributed by atoms with E-state index in [1.807, 2.05) is 30.3 Å². The Morgan fingerprint density at radius 1 is 1.20 bits per heavy atom. The van der Waals surface area contributed by atoms with E-state index in [-0.39, 0.29) is 24.4 Å². The summed E-state index contributed by atoms with van der Waals surface area (Å²) in [5, 5.41) is 8.87. The van der Waals surface area contributed by atoms with Gasteiger partial charge in [0.25, 0.3) is 5.69 Å². The second kappa shape index (κ2) is 8.64. The van der Waals surface area contributed by atoms with Gasteiger partial charge in [0, 0.05) is 51.8 Å². The van der Waals surface area contributed by atoms with Crippen molar-refractivity contribution in [1.82, 2.24) is 15.1 Å². The summed E-state index contributed by atoms with van der Waals surface area (Å²) in [6.07, 6.45) is 2.42. The molecule has 2 unspecified atom stereocenters. The zero-order valence-electron chi connectivity index (χ0n) is 20.0. The van der Waals surface area contributed by atoms with E-state index in [9.17, 15) is 9.81 Å². The van der Waals surface area contributed by atoms with Crippen LogP contribution in [-0.2, 0) is 6.54 Å². The number of hydrogen-bond acceptors (Lipinski definition) is 7. The van der Waals surface area contributed by atoms with Crippen molar-refractivity contribution >= 4 is 16.6 Å². The Bertz CT molecular complexity index is 1310. The van der Waals surface area contributed by atoms with Crippen LogP contribution in [0, 0.1) is 15.7 Å². The highest BCUT2D eigenvalue weighted by Gasteiger charge is 2.57. The quantitative estimate of drug-likeness (QED) is 0.517. The Morgan fingerprint density at radius 2 is 2.09 bits per heavy atom. The third-order valence-electron chi connectivity index (χ3n) is 7.81. The Hall–Kier alpha value is -3.46. The maximum atomic E-state index is 13.7. The maximum Gasteiger partial charge on any atom is 0.452 e. The number of methoxy groups -OCH3 is 1. The predicted octanol–water partition coefficient (Wildman–Crippen LogP) is 3.94. The first-order valence-electron chi connectivity index (χ1n) is 12.3. The molecule has 3 aliphatic rings. The molecule has 1 fully saturated rings. The van der Waals surface area contributed by atoms with Crippen molar-refractivity contribution in [2.75, 3.05) is 26.8 Å². The highest BCUT2D eigenvalue weighted by molar-refractivity contribution is 5.85. The lowest BCUT2D eigenvalue weighted by Crippen LogP contribution is -2.53. The number of benzene rings is 2. The minimum absolute atomic E-state index is 0.155. The summed E-state index contributed by atoms with van der Waals surface area (Å²) in [5.74, 6) is 2.24. The summed E-state index contributed by atoms with van der Waals surface area (Å²) in [6.45, 7) is 4.44. The number of rotatable bonds is 5. The van der Waals surface area contributed by atoms with Gasteiger partial charge in [-0.25, -0.2) is 0 Å². The second-order valence-electron chi connectivity index (χ2n) is 9.70. The largest absolute Gasteiger partial charge is 0.496 e. The number of nitroso groups, excluding NO2 is 2. The zero-order chi connectivity index (χ0) is 24.1. The van der Waals surface area contributed by atoms with Crippen molar-refractivity contribution in [3.63, 3.8) is 0 Å². The molecule has 3 aliphatic heterocycles. The molecule has 3 aromatic rings. The van der Waals surface area contributed by atoms with Gasteiger partial charge in [-0.3, -0.25) is 4.90 Å². The van der Waals surface area contributed by atoms with Crippen molar-refractivity contribution in [3.8, 4) is 11.5 Å². The molecule has 4 atom stereocenters. The van der Waals surface area contributed by atoms with Crippen LogP contribution >= 0.6 is 0 Å². The van der Waals surface area contributed by atoms with Crippen LogP contribution in [0.2, 0.25) is 0 Å². The van der Waals surface area contributed by atoms with Crippen molar-refractivity contribution < 1.29 is 19.0 Å². The first-order valence-corrected chi connectivity index (χ1v) is 12.3. The van der Waals surface area contributed by atoms with Gasteiger partial charge >= 0.3 is 6.17 Å². The van der Waals surface area contributed by atoms with Crippen LogP contribution in [0.25, 0.3) is 10.9 Å². The monoisotopic (exact) mass is 475 g/mol. The summed E-state index contributed by atoms with van der Waals surface area (Å²) < 4.78 is 13.6. The molecule has 0 saturated carbocycles. The van der Waals surface area contributed by atoms with Gasteiger partial charge in [0.05, 0.1) is 30.2 Å². The van der Waals surface area contributed by atoms with Crippen molar-refractivity contribution in [2.24, 2.45) is 5.92 Å². The molecule has 180 valence electrons. The third kappa shape index (κ3) is 3.48. The molecule has 0 N–H and O–H groups in total. The SMILES string of the molecule is CCCC(C1[N+](=O)Cc2c(ccc3nnccc23)[N+]1=O)N1C[C@@H]2COc3cccc(OC)c3[C@@H]2C1. The van der Waals surface area contributed by atoms with E-state index in [0.29, 0.717) is 17.8 Å². The Labute approximate surface area is 203 Å². The number of aromatic nitrogens is 2. The minimum Gasteiger partial charge on any atom is -0.496 e. The smallest absolute Gasteiger partial charge is 0.452 e. The van der Waals surface area contributed by atoms with E-state index >= 15 is 0 Å². The fourth-order valence-corrected chi connectivity index (χ4v) is 6.22. The average molecular weight is 476 g/mol. The van der Waals surface area contributed by atoms with Crippen LogP contribution in [0.5, 0.6) is 11.5 Å². The first kappa shape index (κ1) is 22.0.